The van der Waals surface area contributed by atoms with Gasteiger partial charge in [0.2, 0.25) is 0 Å². The van der Waals surface area contributed by atoms with E-state index in [-0.39, 0.29) is 27.7 Å². The molecule has 0 N–H and O–H groups in total. The van der Waals surface area contributed by atoms with Crippen LogP contribution in [0.2, 0.25) is 0 Å². The van der Waals surface area contributed by atoms with Gasteiger partial charge in [-0.25, -0.2) is 0 Å². The summed E-state index contributed by atoms with van der Waals surface area (Å²) in [5.41, 5.74) is 0.398. The van der Waals surface area contributed by atoms with Crippen LogP contribution in [0.4, 0.5) is 0 Å². The van der Waals surface area contributed by atoms with E-state index in [4.69, 9.17) is 23.7 Å². The van der Waals surface area contributed by atoms with Gasteiger partial charge in [0.05, 0.1) is 0 Å². The number of carbonyl (C=O) groups excluding carboxylic acids is 4. The summed E-state index contributed by atoms with van der Waals surface area (Å²) in [6, 6.07) is 1.64. The molecule has 0 radical (unpaired) electrons. The number of rotatable bonds is 7. The first-order valence-corrected chi connectivity index (χ1v) is 10.5. The molecule has 1 aromatic heterocycles. The van der Waals surface area contributed by atoms with Gasteiger partial charge in [-0.3, -0.25) is 0 Å². The molecule has 0 unspecified atom stereocenters. The van der Waals surface area contributed by atoms with E-state index in [1.165, 1.54) is 20.8 Å². The molecule has 9 nitrogen and oxygen atoms in total. The SMILES string of the molecule is CCOC(=O)c1c[se]c([C@@H]2O[C@H](COC(C)=O)[C@@H](OC(C)=O)[C@H]2OC(C)=O)c1. The summed E-state index contributed by atoms with van der Waals surface area (Å²) in [5, 5.41) is 0. The Kier molecular flexibility index (Phi) is 7.79. The van der Waals surface area contributed by atoms with Gasteiger partial charge in [-0.15, -0.1) is 0 Å². The molecule has 1 aliphatic rings. The molecule has 1 fully saturated rings. The Bertz CT molecular complexity index is 741. The molecule has 154 valence electrons. The number of esters is 4. The minimum absolute atomic E-state index is 0.167. The van der Waals surface area contributed by atoms with Gasteiger partial charge in [-0.2, -0.15) is 0 Å². The first-order chi connectivity index (χ1) is 13.2. The van der Waals surface area contributed by atoms with E-state index in [0.29, 0.717) is 5.56 Å². The average molecular weight is 461 g/mol. The van der Waals surface area contributed by atoms with Gasteiger partial charge < -0.3 is 0 Å². The zero-order valence-electron chi connectivity index (χ0n) is 16.0. The van der Waals surface area contributed by atoms with Gasteiger partial charge >= 0.3 is 168 Å². The Labute approximate surface area is 168 Å². The van der Waals surface area contributed by atoms with E-state index in [1.54, 1.807) is 17.9 Å². The fraction of sp³-hybridized carbons (Fsp3) is 0.556. The van der Waals surface area contributed by atoms with Crippen LogP contribution >= 0.6 is 0 Å². The maximum atomic E-state index is 11.9. The molecule has 0 saturated carbocycles. The molecule has 0 amide bonds. The molecule has 0 aromatic carbocycles. The normalized spacial score (nSPS) is 23.7. The van der Waals surface area contributed by atoms with Crippen LogP contribution in [0.3, 0.4) is 0 Å². The molecule has 0 spiro atoms. The Morgan fingerprint density at radius 1 is 1.00 bits per heavy atom. The first kappa shape index (κ1) is 22.1. The number of hydrogen-bond donors (Lipinski definition) is 0. The molecular weight excluding hydrogens is 439 g/mol. The van der Waals surface area contributed by atoms with E-state index in [1.807, 2.05) is 0 Å². The van der Waals surface area contributed by atoms with Crippen LogP contribution in [-0.4, -0.2) is 69.9 Å². The van der Waals surface area contributed by atoms with Crippen LogP contribution in [0.1, 0.15) is 48.6 Å². The van der Waals surface area contributed by atoms with Crippen LogP contribution in [-0.2, 0) is 38.1 Å². The van der Waals surface area contributed by atoms with E-state index < -0.39 is 48.3 Å². The second-order valence-corrected chi connectivity index (χ2v) is 7.98. The van der Waals surface area contributed by atoms with Crippen molar-refractivity contribution in [2.45, 2.75) is 52.1 Å². The standard InChI is InChI=1S/C18H22O9Se/c1-5-23-18(22)12-6-14(28-8-12)16-17(26-11(4)21)15(25-10(3)20)13(27-16)7-24-9(2)19/h6,8,13,15-17H,5,7H2,1-4H3/t13-,15-,16+,17-/m1/s1. The average Bonchev–Trinajstić information content (AvgIpc) is 3.19. The molecule has 1 aromatic rings. The van der Waals surface area contributed by atoms with Crippen molar-refractivity contribution in [3.63, 3.8) is 0 Å². The van der Waals surface area contributed by atoms with Crippen molar-refractivity contribution in [3.8, 4) is 0 Å². The third-order valence-electron chi connectivity index (χ3n) is 3.78. The molecule has 2 rings (SSSR count). The minimum atomic E-state index is -0.950. The van der Waals surface area contributed by atoms with Crippen LogP contribution in [0.15, 0.2) is 11.0 Å². The van der Waals surface area contributed by atoms with Crippen molar-refractivity contribution in [1.29, 1.82) is 0 Å². The molecule has 0 aliphatic carbocycles. The fourth-order valence-electron chi connectivity index (χ4n) is 2.77. The van der Waals surface area contributed by atoms with Crippen LogP contribution < -0.4 is 0 Å². The van der Waals surface area contributed by atoms with Gasteiger partial charge in [0.1, 0.15) is 0 Å². The Morgan fingerprint density at radius 3 is 2.21 bits per heavy atom. The van der Waals surface area contributed by atoms with Gasteiger partial charge in [0.15, 0.2) is 0 Å². The van der Waals surface area contributed by atoms with Crippen molar-refractivity contribution in [2.24, 2.45) is 0 Å². The van der Waals surface area contributed by atoms with Crippen molar-refractivity contribution in [3.05, 3.63) is 21.0 Å². The van der Waals surface area contributed by atoms with Gasteiger partial charge in [-0.05, 0) is 0 Å². The second-order valence-electron chi connectivity index (χ2n) is 6.00. The van der Waals surface area contributed by atoms with Gasteiger partial charge in [0, 0.05) is 0 Å². The topological polar surface area (TPSA) is 114 Å². The second kappa shape index (κ2) is 9.86. The molecule has 2 heterocycles. The van der Waals surface area contributed by atoms with Crippen LogP contribution in [0.25, 0.3) is 0 Å². The summed E-state index contributed by atoms with van der Waals surface area (Å²) in [5.74, 6) is -2.13. The van der Waals surface area contributed by atoms with Gasteiger partial charge in [0.25, 0.3) is 0 Å². The molecular formula is C18H22O9Se. The summed E-state index contributed by atoms with van der Waals surface area (Å²) < 4.78 is 27.3. The van der Waals surface area contributed by atoms with Crippen molar-refractivity contribution < 1.29 is 42.9 Å². The summed E-state index contributed by atoms with van der Waals surface area (Å²) in [6.07, 6.45) is -3.43. The number of carbonyl (C=O) groups is 4. The summed E-state index contributed by atoms with van der Waals surface area (Å²) >= 11 is -0.248. The van der Waals surface area contributed by atoms with Crippen molar-refractivity contribution in [1.82, 2.24) is 0 Å². The fourth-order valence-corrected chi connectivity index (χ4v) is 4.75. The van der Waals surface area contributed by atoms with Gasteiger partial charge in [-0.1, -0.05) is 0 Å². The first-order valence-electron chi connectivity index (χ1n) is 8.61. The summed E-state index contributed by atoms with van der Waals surface area (Å²) in [4.78, 5) is 48.0. The maximum absolute atomic E-state index is 11.9. The molecule has 0 bridgehead atoms. The van der Waals surface area contributed by atoms with Crippen molar-refractivity contribution in [2.75, 3.05) is 13.2 Å². The molecule has 1 aliphatic heterocycles. The molecule has 1 saturated heterocycles. The van der Waals surface area contributed by atoms with E-state index >= 15 is 0 Å². The summed E-state index contributed by atoms with van der Waals surface area (Å²) in [6.45, 7) is 5.50. The van der Waals surface area contributed by atoms with Crippen LogP contribution in [0.5, 0.6) is 0 Å². The quantitative estimate of drug-likeness (QED) is 0.330. The molecule has 28 heavy (non-hydrogen) atoms. The Balaban J connectivity index is 2.31. The zero-order chi connectivity index (χ0) is 20.8. The third kappa shape index (κ3) is 5.67. The van der Waals surface area contributed by atoms with E-state index in [9.17, 15) is 19.2 Å². The Hall–Kier alpha value is -2.16. The number of hydrogen-bond acceptors (Lipinski definition) is 9. The van der Waals surface area contributed by atoms with Crippen molar-refractivity contribution >= 4 is 38.4 Å². The summed E-state index contributed by atoms with van der Waals surface area (Å²) in [7, 11) is 0. The molecule has 10 heteroatoms. The Morgan fingerprint density at radius 2 is 1.64 bits per heavy atom. The number of ether oxygens (including phenoxy) is 5. The zero-order valence-corrected chi connectivity index (χ0v) is 17.7. The predicted octanol–water partition coefficient (Wildman–Crippen LogP) is 0.787. The van der Waals surface area contributed by atoms with Crippen LogP contribution in [0, 0.1) is 0 Å². The van der Waals surface area contributed by atoms with E-state index in [2.05, 4.69) is 0 Å². The van der Waals surface area contributed by atoms with E-state index in [0.717, 1.165) is 4.44 Å². The third-order valence-corrected chi connectivity index (χ3v) is 5.86. The monoisotopic (exact) mass is 462 g/mol. The predicted molar refractivity (Wildman–Crippen MR) is 94.7 cm³/mol. The molecule has 4 atom stereocenters.